The number of hydrogen-bond donors (Lipinski definition) is 1. The number of nitrogens with zero attached hydrogens (tertiary/aromatic N) is 2. The summed E-state index contributed by atoms with van der Waals surface area (Å²) in [7, 11) is 1.45. The molecule has 0 aliphatic heterocycles. The minimum atomic E-state index is -0.374. The van der Waals surface area contributed by atoms with Gasteiger partial charge in [-0.1, -0.05) is 11.6 Å². The van der Waals surface area contributed by atoms with Crippen LogP contribution >= 0.6 is 11.6 Å². The van der Waals surface area contributed by atoms with Crippen molar-refractivity contribution in [2.45, 2.75) is 0 Å². The first kappa shape index (κ1) is 12.3. The first-order chi connectivity index (χ1) is 8.72. The third-order valence-corrected chi connectivity index (χ3v) is 2.50. The van der Waals surface area contributed by atoms with E-state index in [9.17, 15) is 4.79 Å². The van der Waals surface area contributed by atoms with Crippen LogP contribution in [0.5, 0.6) is 5.88 Å². The third-order valence-electron chi connectivity index (χ3n) is 2.20. The zero-order valence-electron chi connectivity index (χ0n) is 9.55. The van der Waals surface area contributed by atoms with E-state index in [1.165, 1.54) is 7.11 Å². The van der Waals surface area contributed by atoms with Crippen molar-refractivity contribution in [2.24, 2.45) is 0 Å². The topological polar surface area (TPSA) is 64.1 Å². The molecule has 1 amide bonds. The summed E-state index contributed by atoms with van der Waals surface area (Å²) in [6.45, 7) is 0. The zero-order chi connectivity index (χ0) is 13.0. The number of pyridine rings is 2. The number of anilines is 1. The van der Waals surface area contributed by atoms with Crippen molar-refractivity contribution >= 4 is 23.3 Å². The molecule has 18 heavy (non-hydrogen) atoms. The van der Waals surface area contributed by atoms with Gasteiger partial charge in [-0.05, 0) is 24.3 Å². The molecule has 1 N–H and O–H groups in total. The van der Waals surface area contributed by atoms with E-state index in [1.807, 2.05) is 0 Å². The Hall–Kier alpha value is -2.14. The predicted molar refractivity (Wildman–Crippen MR) is 68.0 cm³/mol. The molecule has 0 saturated carbocycles. The summed E-state index contributed by atoms with van der Waals surface area (Å²) in [6, 6.07) is 6.59. The largest absolute Gasteiger partial charge is 0.480 e. The number of methoxy groups -OCH3 is 1. The fourth-order valence-electron chi connectivity index (χ4n) is 1.38. The van der Waals surface area contributed by atoms with Crippen molar-refractivity contribution in [1.82, 2.24) is 9.97 Å². The molecular weight excluding hydrogens is 254 g/mol. The molecular formula is C12H10ClN3O2. The van der Waals surface area contributed by atoms with Crippen LogP contribution in [0.2, 0.25) is 5.02 Å². The van der Waals surface area contributed by atoms with Gasteiger partial charge in [0.05, 0.1) is 12.1 Å². The molecule has 0 aliphatic carbocycles. The summed E-state index contributed by atoms with van der Waals surface area (Å²) in [5.74, 6) is 0.178. The van der Waals surface area contributed by atoms with Crippen LogP contribution in [0.1, 0.15) is 10.4 Å². The van der Waals surface area contributed by atoms with Crippen LogP contribution in [-0.2, 0) is 0 Å². The number of rotatable bonds is 3. The molecule has 0 aliphatic rings. The van der Waals surface area contributed by atoms with Gasteiger partial charge in [0.2, 0.25) is 5.88 Å². The lowest BCUT2D eigenvalue weighted by Crippen LogP contribution is -2.14. The number of halogens is 1. The Morgan fingerprint density at radius 1 is 1.28 bits per heavy atom. The monoisotopic (exact) mass is 263 g/mol. The van der Waals surface area contributed by atoms with E-state index in [0.29, 0.717) is 16.4 Å². The standard InChI is InChI=1S/C12H10ClN3O2/c1-18-12-8(4-2-7-15-12)11(17)16-10-9(13)5-3-6-14-10/h2-7H,1H3,(H,14,16,17). The van der Waals surface area contributed by atoms with Crippen LogP contribution in [0.3, 0.4) is 0 Å². The summed E-state index contributed by atoms with van der Waals surface area (Å²) in [5, 5.41) is 2.97. The molecule has 2 rings (SSSR count). The molecule has 0 unspecified atom stereocenters. The van der Waals surface area contributed by atoms with Crippen LogP contribution in [0.25, 0.3) is 0 Å². The van der Waals surface area contributed by atoms with Gasteiger partial charge in [0, 0.05) is 12.4 Å². The smallest absolute Gasteiger partial charge is 0.262 e. The SMILES string of the molecule is COc1ncccc1C(=O)Nc1ncccc1Cl. The number of hydrogen-bond acceptors (Lipinski definition) is 4. The average Bonchev–Trinajstić information content (AvgIpc) is 2.41. The molecule has 2 aromatic rings. The van der Waals surface area contributed by atoms with E-state index in [2.05, 4.69) is 15.3 Å². The van der Waals surface area contributed by atoms with Crippen LogP contribution in [-0.4, -0.2) is 23.0 Å². The van der Waals surface area contributed by atoms with Gasteiger partial charge < -0.3 is 10.1 Å². The van der Waals surface area contributed by atoms with Crippen molar-refractivity contribution < 1.29 is 9.53 Å². The Bertz CT molecular complexity index is 575. The average molecular weight is 264 g/mol. The van der Waals surface area contributed by atoms with Crippen LogP contribution in [0.4, 0.5) is 5.82 Å². The molecule has 2 aromatic heterocycles. The molecule has 0 fully saturated rings. The van der Waals surface area contributed by atoms with E-state index in [-0.39, 0.29) is 11.8 Å². The maximum atomic E-state index is 12.0. The first-order valence-corrected chi connectivity index (χ1v) is 5.51. The van der Waals surface area contributed by atoms with Gasteiger partial charge in [-0.15, -0.1) is 0 Å². The Labute approximate surface area is 109 Å². The highest BCUT2D eigenvalue weighted by molar-refractivity contribution is 6.33. The third kappa shape index (κ3) is 2.57. The highest BCUT2D eigenvalue weighted by Gasteiger charge is 2.14. The molecule has 0 aromatic carbocycles. The van der Waals surface area contributed by atoms with Gasteiger partial charge in [-0.25, -0.2) is 9.97 Å². The number of ether oxygens (including phenoxy) is 1. The normalized spacial score (nSPS) is 9.89. The quantitative estimate of drug-likeness (QED) is 0.923. The van der Waals surface area contributed by atoms with Gasteiger partial charge in [0.25, 0.3) is 5.91 Å². The molecule has 5 nitrogen and oxygen atoms in total. The van der Waals surface area contributed by atoms with Gasteiger partial charge in [-0.2, -0.15) is 0 Å². The number of nitrogens with one attached hydrogen (secondary N) is 1. The highest BCUT2D eigenvalue weighted by Crippen LogP contribution is 2.20. The maximum absolute atomic E-state index is 12.0. The van der Waals surface area contributed by atoms with Crippen molar-refractivity contribution in [3.63, 3.8) is 0 Å². The van der Waals surface area contributed by atoms with Gasteiger partial charge in [-0.3, -0.25) is 4.79 Å². The molecule has 6 heteroatoms. The van der Waals surface area contributed by atoms with E-state index >= 15 is 0 Å². The van der Waals surface area contributed by atoms with E-state index < -0.39 is 0 Å². The second-order valence-corrected chi connectivity index (χ2v) is 3.76. The van der Waals surface area contributed by atoms with Gasteiger partial charge in [0.1, 0.15) is 5.56 Å². The summed E-state index contributed by atoms with van der Waals surface area (Å²) >= 11 is 5.91. The van der Waals surface area contributed by atoms with Crippen LogP contribution < -0.4 is 10.1 Å². The molecule has 0 bridgehead atoms. The molecule has 92 valence electrons. The number of carbonyl (C=O) groups is 1. The molecule has 0 atom stereocenters. The second-order valence-electron chi connectivity index (χ2n) is 3.35. The summed E-state index contributed by atoms with van der Waals surface area (Å²) in [5.41, 5.74) is 0.321. The highest BCUT2D eigenvalue weighted by atomic mass is 35.5. The minimum absolute atomic E-state index is 0.252. The lowest BCUT2D eigenvalue weighted by atomic mass is 10.2. The predicted octanol–water partition coefficient (Wildman–Crippen LogP) is 2.39. The van der Waals surface area contributed by atoms with Crippen molar-refractivity contribution in [2.75, 3.05) is 12.4 Å². The van der Waals surface area contributed by atoms with Gasteiger partial charge in [0.15, 0.2) is 5.82 Å². The fraction of sp³-hybridized carbons (Fsp3) is 0.0833. The fourth-order valence-corrected chi connectivity index (χ4v) is 1.55. The molecule has 0 radical (unpaired) electrons. The summed E-state index contributed by atoms with van der Waals surface area (Å²) in [6.07, 6.45) is 3.09. The summed E-state index contributed by atoms with van der Waals surface area (Å²) in [4.78, 5) is 19.9. The minimum Gasteiger partial charge on any atom is -0.480 e. The number of aromatic nitrogens is 2. The lowest BCUT2D eigenvalue weighted by Gasteiger charge is -2.08. The van der Waals surface area contributed by atoms with Crippen molar-refractivity contribution in [3.05, 3.63) is 47.2 Å². The second kappa shape index (κ2) is 5.46. The van der Waals surface area contributed by atoms with E-state index in [0.717, 1.165) is 0 Å². The summed E-state index contributed by atoms with van der Waals surface area (Å²) < 4.78 is 5.01. The Morgan fingerprint density at radius 3 is 2.72 bits per heavy atom. The van der Waals surface area contributed by atoms with Gasteiger partial charge >= 0.3 is 0 Å². The number of amides is 1. The first-order valence-electron chi connectivity index (χ1n) is 5.13. The molecule has 0 spiro atoms. The Balaban J connectivity index is 2.25. The van der Waals surface area contributed by atoms with E-state index in [4.69, 9.17) is 16.3 Å². The Kier molecular flexibility index (Phi) is 3.74. The number of carbonyl (C=O) groups excluding carboxylic acids is 1. The Morgan fingerprint density at radius 2 is 2.00 bits per heavy atom. The van der Waals surface area contributed by atoms with E-state index in [1.54, 1.807) is 36.7 Å². The molecule has 0 saturated heterocycles. The lowest BCUT2D eigenvalue weighted by molar-refractivity contribution is 0.102. The van der Waals surface area contributed by atoms with Crippen molar-refractivity contribution in [1.29, 1.82) is 0 Å². The molecule has 2 heterocycles. The van der Waals surface area contributed by atoms with Crippen LogP contribution in [0, 0.1) is 0 Å². The zero-order valence-corrected chi connectivity index (χ0v) is 10.3. The maximum Gasteiger partial charge on any atom is 0.262 e. The van der Waals surface area contributed by atoms with Crippen molar-refractivity contribution in [3.8, 4) is 5.88 Å². The van der Waals surface area contributed by atoms with Crippen LogP contribution in [0.15, 0.2) is 36.7 Å².